The van der Waals surface area contributed by atoms with Crippen molar-refractivity contribution in [2.75, 3.05) is 0 Å². The van der Waals surface area contributed by atoms with E-state index in [1.807, 2.05) is 47.6 Å². The number of hydrogen-bond acceptors (Lipinski definition) is 4. The summed E-state index contributed by atoms with van der Waals surface area (Å²) in [5.41, 5.74) is 4.85. The van der Waals surface area contributed by atoms with Crippen LogP contribution < -0.4 is 5.43 Å². The summed E-state index contributed by atoms with van der Waals surface area (Å²) in [5, 5.41) is 12.0. The summed E-state index contributed by atoms with van der Waals surface area (Å²) in [6.45, 7) is 23.8. The molecule has 0 aliphatic carbocycles. The molecule has 0 saturated carbocycles. The standard InChI is InChI=1S/C12H17ClN2O2.C12H18O2.C2H6/c1-6-10(12(16)15-14-5)7-11(13)9(4)17-8(2)3;1-4-7-10(2)11(3)8-5-6-9-12(13)14;1-2/h6-8H,1,5H2,2-4H3,(H,15,16);4,7-8H,1,5-6,9H2,2-3H3,(H,13,14);1-2H3/b10-7+,11-9-;10-7-,11-8-;. The molecule has 186 valence electrons. The van der Waals surface area contributed by atoms with Crippen LogP contribution in [0.4, 0.5) is 0 Å². The number of nitrogens with one attached hydrogen (secondary N) is 1. The van der Waals surface area contributed by atoms with Crippen LogP contribution in [0.25, 0.3) is 0 Å². The summed E-state index contributed by atoms with van der Waals surface area (Å²) in [6.07, 6.45) is 10.4. The quantitative estimate of drug-likeness (QED) is 0.0780. The van der Waals surface area contributed by atoms with E-state index in [0.717, 1.165) is 6.42 Å². The van der Waals surface area contributed by atoms with Gasteiger partial charge in [-0.1, -0.05) is 68.5 Å². The fourth-order valence-corrected chi connectivity index (χ4v) is 2.20. The summed E-state index contributed by atoms with van der Waals surface area (Å²) in [4.78, 5) is 21.7. The van der Waals surface area contributed by atoms with E-state index in [1.165, 1.54) is 23.3 Å². The molecule has 0 heterocycles. The average molecular weight is 481 g/mol. The van der Waals surface area contributed by atoms with Gasteiger partial charge in [-0.25, -0.2) is 5.43 Å². The van der Waals surface area contributed by atoms with Crippen molar-refractivity contribution in [3.05, 3.63) is 71.0 Å². The first-order valence-corrected chi connectivity index (χ1v) is 11.2. The van der Waals surface area contributed by atoms with Crippen molar-refractivity contribution in [3.8, 4) is 0 Å². The molecule has 33 heavy (non-hydrogen) atoms. The first kappa shape index (κ1) is 34.7. The summed E-state index contributed by atoms with van der Waals surface area (Å²) < 4.78 is 5.40. The van der Waals surface area contributed by atoms with Crippen LogP contribution in [-0.2, 0) is 14.3 Å². The van der Waals surface area contributed by atoms with Crippen LogP contribution >= 0.6 is 11.6 Å². The van der Waals surface area contributed by atoms with Crippen molar-refractivity contribution in [2.24, 2.45) is 5.10 Å². The van der Waals surface area contributed by atoms with Crippen LogP contribution in [0.2, 0.25) is 0 Å². The normalized spacial score (nSPS) is 12.2. The zero-order chi connectivity index (χ0) is 26.4. The molecule has 0 aromatic carbocycles. The van der Waals surface area contributed by atoms with Gasteiger partial charge in [-0.3, -0.25) is 9.59 Å². The fraction of sp³-hybridized carbons (Fsp3) is 0.423. The van der Waals surface area contributed by atoms with Crippen LogP contribution in [0.3, 0.4) is 0 Å². The summed E-state index contributed by atoms with van der Waals surface area (Å²) >= 11 is 6.00. The zero-order valence-corrected chi connectivity index (χ0v) is 22.0. The third kappa shape index (κ3) is 20.8. The minimum atomic E-state index is -0.727. The third-order valence-corrected chi connectivity index (χ3v) is 4.10. The number of halogens is 1. The lowest BCUT2D eigenvalue weighted by molar-refractivity contribution is -0.137. The van der Waals surface area contributed by atoms with Crippen LogP contribution in [0.15, 0.2) is 76.2 Å². The lowest BCUT2D eigenvalue weighted by atomic mass is 10.1. The number of allylic oxidation sites excluding steroid dienone is 8. The number of aliphatic carboxylic acids is 1. The van der Waals surface area contributed by atoms with E-state index in [-0.39, 0.29) is 18.1 Å². The Kier molecular flexibility index (Phi) is 23.5. The molecule has 0 aliphatic rings. The maximum atomic E-state index is 11.4. The lowest BCUT2D eigenvalue weighted by Crippen LogP contribution is -2.18. The molecule has 1 amide bonds. The predicted octanol–water partition coefficient (Wildman–Crippen LogP) is 7.07. The van der Waals surface area contributed by atoms with Crippen LogP contribution in [0.1, 0.15) is 67.7 Å². The van der Waals surface area contributed by atoms with E-state index >= 15 is 0 Å². The number of hydrogen-bond donors (Lipinski definition) is 2. The largest absolute Gasteiger partial charge is 0.494 e. The van der Waals surface area contributed by atoms with Gasteiger partial charge in [-0.2, -0.15) is 5.10 Å². The Balaban J connectivity index is -0.000000515. The molecule has 2 N–H and O–H groups in total. The molecule has 0 spiro atoms. The smallest absolute Gasteiger partial charge is 0.303 e. The van der Waals surface area contributed by atoms with Crippen molar-refractivity contribution in [1.29, 1.82) is 0 Å². The summed E-state index contributed by atoms with van der Waals surface area (Å²) in [5.74, 6) is -0.611. The lowest BCUT2D eigenvalue weighted by Gasteiger charge is -2.10. The third-order valence-electron chi connectivity index (χ3n) is 3.73. The molecule has 0 atom stereocenters. The molecule has 0 radical (unpaired) electrons. The highest BCUT2D eigenvalue weighted by atomic mass is 35.5. The molecule has 0 rings (SSSR count). The molecular weight excluding hydrogens is 440 g/mol. The Morgan fingerprint density at radius 2 is 1.73 bits per heavy atom. The summed E-state index contributed by atoms with van der Waals surface area (Å²) in [6, 6.07) is 0. The van der Waals surface area contributed by atoms with E-state index in [4.69, 9.17) is 21.4 Å². The second-order valence-corrected chi connectivity index (χ2v) is 7.14. The molecule has 0 aromatic heterocycles. The molecule has 0 fully saturated rings. The number of carboxylic acid groups (broad SMARTS) is 1. The average Bonchev–Trinajstić information content (AvgIpc) is 2.76. The molecule has 0 aliphatic heterocycles. The highest BCUT2D eigenvalue weighted by Crippen LogP contribution is 2.16. The molecule has 0 aromatic rings. The highest BCUT2D eigenvalue weighted by Gasteiger charge is 2.07. The van der Waals surface area contributed by atoms with Gasteiger partial charge in [0.15, 0.2) is 0 Å². The first-order valence-electron chi connectivity index (χ1n) is 10.8. The number of carbonyl (C=O) groups is 2. The van der Waals surface area contributed by atoms with Crippen LogP contribution in [0, 0.1) is 0 Å². The SMILES string of the molecule is C=C/C(=C\C(Cl)=C(/C)OC(C)C)C(=O)NN=C.C=C/C=C(C)\C(C)=C/CCCC(=O)O.CC. The van der Waals surface area contributed by atoms with Crippen molar-refractivity contribution >= 4 is 30.2 Å². The van der Waals surface area contributed by atoms with Crippen molar-refractivity contribution in [3.63, 3.8) is 0 Å². The summed E-state index contributed by atoms with van der Waals surface area (Å²) in [7, 11) is 0. The zero-order valence-electron chi connectivity index (χ0n) is 21.2. The first-order chi connectivity index (χ1) is 15.5. The molecule has 7 heteroatoms. The van der Waals surface area contributed by atoms with Crippen molar-refractivity contribution in [2.45, 2.75) is 73.8 Å². The molecule has 0 unspecified atom stereocenters. The minimum Gasteiger partial charge on any atom is -0.494 e. The predicted molar refractivity (Wildman–Crippen MR) is 141 cm³/mol. The van der Waals surface area contributed by atoms with Gasteiger partial charge in [0.25, 0.3) is 5.91 Å². The molecule has 0 saturated heterocycles. The van der Waals surface area contributed by atoms with Crippen molar-refractivity contribution in [1.82, 2.24) is 5.43 Å². The maximum Gasteiger partial charge on any atom is 0.303 e. The highest BCUT2D eigenvalue weighted by molar-refractivity contribution is 6.31. The van der Waals surface area contributed by atoms with Gasteiger partial charge >= 0.3 is 5.97 Å². The number of carboxylic acids is 1. The number of rotatable bonds is 12. The van der Waals surface area contributed by atoms with E-state index in [9.17, 15) is 9.59 Å². The van der Waals surface area contributed by atoms with Gasteiger partial charge < -0.3 is 9.84 Å². The monoisotopic (exact) mass is 480 g/mol. The van der Waals surface area contributed by atoms with Gasteiger partial charge in [0, 0.05) is 18.7 Å². The topological polar surface area (TPSA) is 88.0 Å². The number of nitrogens with zero attached hydrogens (tertiary/aromatic N) is 1. The van der Waals surface area contributed by atoms with E-state index in [1.54, 1.807) is 13.0 Å². The maximum absolute atomic E-state index is 11.4. The van der Waals surface area contributed by atoms with Crippen LogP contribution in [0.5, 0.6) is 0 Å². The Morgan fingerprint density at radius 3 is 2.15 bits per heavy atom. The Bertz CT molecular complexity index is 760. The molecule has 6 nitrogen and oxygen atoms in total. The van der Waals surface area contributed by atoms with Gasteiger partial charge in [-0.05, 0) is 59.1 Å². The molecular formula is C26H41ClN2O4. The number of amides is 1. The minimum absolute atomic E-state index is 0.0213. The van der Waals surface area contributed by atoms with E-state index < -0.39 is 11.9 Å². The van der Waals surface area contributed by atoms with Gasteiger partial charge in [-0.15, -0.1) is 0 Å². The van der Waals surface area contributed by atoms with Gasteiger partial charge in [0.1, 0.15) is 5.76 Å². The van der Waals surface area contributed by atoms with Gasteiger partial charge in [0.2, 0.25) is 0 Å². The van der Waals surface area contributed by atoms with Crippen molar-refractivity contribution < 1.29 is 19.4 Å². The second-order valence-electron chi connectivity index (χ2n) is 6.73. The second kappa shape index (κ2) is 22.3. The number of hydrazone groups is 1. The fourth-order valence-electron chi connectivity index (χ4n) is 2.04. The van der Waals surface area contributed by atoms with E-state index in [2.05, 4.69) is 36.5 Å². The Hall–Kier alpha value is -2.86. The Labute approximate surface area is 205 Å². The number of carbonyl (C=O) groups excluding carboxylic acids is 1. The van der Waals surface area contributed by atoms with Gasteiger partial charge in [0.05, 0.1) is 11.1 Å². The molecule has 0 bridgehead atoms. The van der Waals surface area contributed by atoms with E-state index in [0.29, 0.717) is 17.2 Å². The number of unbranched alkanes of at least 4 members (excludes halogenated alkanes) is 1. The number of ether oxygens (including phenoxy) is 1. The Morgan fingerprint density at radius 1 is 1.15 bits per heavy atom. The van der Waals surface area contributed by atoms with Crippen LogP contribution in [-0.4, -0.2) is 29.8 Å².